The fourth-order valence-corrected chi connectivity index (χ4v) is 3.76. The standard InChI is InChI=1S/C22H30N4O.2ClH/c1-2-25(22(27)20(23)16-18-8-4-3-5-9-18)17-19-11-14-26(15-12-19)21-10-6-7-13-24-21;;/h3-10,13,19-20H,2,11-12,14-17,23H2,1H3;2*1H. The molecule has 5 nitrogen and oxygen atoms in total. The van der Waals surface area contributed by atoms with Crippen LogP contribution in [0.2, 0.25) is 0 Å². The van der Waals surface area contributed by atoms with Gasteiger partial charge in [-0.3, -0.25) is 4.79 Å². The number of aromatic nitrogens is 1. The third-order valence-corrected chi connectivity index (χ3v) is 5.38. The molecule has 1 atom stereocenters. The Bertz CT molecular complexity index is 709. The van der Waals surface area contributed by atoms with Gasteiger partial charge in [-0.2, -0.15) is 0 Å². The van der Waals surface area contributed by atoms with E-state index in [2.05, 4.69) is 16.0 Å². The van der Waals surface area contributed by atoms with Crippen LogP contribution in [0.4, 0.5) is 5.82 Å². The molecule has 1 aliphatic heterocycles. The number of nitrogens with zero attached hydrogens (tertiary/aromatic N) is 3. The van der Waals surface area contributed by atoms with Gasteiger partial charge in [0.2, 0.25) is 5.91 Å². The lowest BCUT2D eigenvalue weighted by Gasteiger charge is -2.35. The Labute approximate surface area is 186 Å². The SMILES string of the molecule is CCN(CC1CCN(c2ccccn2)CC1)C(=O)C(N)Cc1ccccc1.Cl.Cl. The number of halogens is 2. The maximum atomic E-state index is 12.8. The van der Waals surface area contributed by atoms with E-state index in [0.29, 0.717) is 18.9 Å². The molecule has 2 N–H and O–H groups in total. The molecule has 1 aliphatic rings. The smallest absolute Gasteiger partial charge is 0.239 e. The number of rotatable bonds is 7. The van der Waals surface area contributed by atoms with Crippen molar-refractivity contribution < 1.29 is 4.79 Å². The van der Waals surface area contributed by atoms with Crippen molar-refractivity contribution in [1.29, 1.82) is 0 Å². The second-order valence-corrected chi connectivity index (χ2v) is 7.29. The molecule has 2 heterocycles. The van der Waals surface area contributed by atoms with Crippen LogP contribution in [0.25, 0.3) is 0 Å². The topological polar surface area (TPSA) is 62.5 Å². The number of carbonyl (C=O) groups is 1. The van der Waals surface area contributed by atoms with Crippen molar-refractivity contribution in [2.75, 3.05) is 31.1 Å². The summed E-state index contributed by atoms with van der Waals surface area (Å²) in [4.78, 5) is 21.5. The molecule has 1 aromatic heterocycles. The first-order valence-corrected chi connectivity index (χ1v) is 9.91. The van der Waals surface area contributed by atoms with Crippen LogP contribution >= 0.6 is 24.8 Å². The van der Waals surface area contributed by atoms with E-state index in [1.54, 1.807) is 0 Å². The molecule has 1 aromatic carbocycles. The lowest BCUT2D eigenvalue weighted by molar-refractivity contribution is -0.133. The number of likely N-dealkylation sites (N-methyl/N-ethyl adjacent to an activating group) is 1. The van der Waals surface area contributed by atoms with Crippen molar-refractivity contribution in [3.63, 3.8) is 0 Å². The van der Waals surface area contributed by atoms with Crippen molar-refractivity contribution in [1.82, 2.24) is 9.88 Å². The Balaban J connectivity index is 0.00000210. The third kappa shape index (κ3) is 7.18. The van der Waals surface area contributed by atoms with Gasteiger partial charge in [0.15, 0.2) is 0 Å². The van der Waals surface area contributed by atoms with Crippen LogP contribution in [0.5, 0.6) is 0 Å². The van der Waals surface area contributed by atoms with E-state index < -0.39 is 6.04 Å². The Kier molecular flexibility index (Phi) is 11.0. The van der Waals surface area contributed by atoms with Gasteiger partial charge in [0.25, 0.3) is 0 Å². The van der Waals surface area contributed by atoms with Gasteiger partial charge >= 0.3 is 0 Å². The highest BCUT2D eigenvalue weighted by atomic mass is 35.5. The number of anilines is 1. The number of benzene rings is 1. The minimum atomic E-state index is -0.471. The quantitative estimate of drug-likeness (QED) is 0.717. The van der Waals surface area contributed by atoms with Crippen molar-refractivity contribution in [3.05, 3.63) is 60.3 Å². The summed E-state index contributed by atoms with van der Waals surface area (Å²) in [6.07, 6.45) is 4.59. The van der Waals surface area contributed by atoms with Crippen LogP contribution in [0.15, 0.2) is 54.7 Å². The minimum Gasteiger partial charge on any atom is -0.357 e. The summed E-state index contributed by atoms with van der Waals surface area (Å²) in [5, 5.41) is 0. The number of nitrogens with two attached hydrogens (primary N) is 1. The van der Waals surface area contributed by atoms with Gasteiger partial charge < -0.3 is 15.5 Å². The Morgan fingerprint density at radius 1 is 1.14 bits per heavy atom. The van der Waals surface area contributed by atoms with Crippen LogP contribution in [-0.2, 0) is 11.2 Å². The van der Waals surface area contributed by atoms with Gasteiger partial charge in [0, 0.05) is 32.4 Å². The fraction of sp³-hybridized carbons (Fsp3) is 0.455. The second-order valence-electron chi connectivity index (χ2n) is 7.29. The lowest BCUT2D eigenvalue weighted by atomic mass is 9.95. The van der Waals surface area contributed by atoms with E-state index >= 15 is 0 Å². The monoisotopic (exact) mass is 438 g/mol. The number of carbonyl (C=O) groups excluding carboxylic acids is 1. The van der Waals surface area contributed by atoms with Crippen molar-refractivity contribution >= 4 is 36.5 Å². The van der Waals surface area contributed by atoms with Gasteiger partial charge in [-0.15, -0.1) is 24.8 Å². The van der Waals surface area contributed by atoms with Gasteiger partial charge in [-0.1, -0.05) is 36.4 Å². The van der Waals surface area contributed by atoms with Crippen LogP contribution in [-0.4, -0.2) is 48.0 Å². The molecule has 29 heavy (non-hydrogen) atoms. The first-order valence-electron chi connectivity index (χ1n) is 9.91. The highest BCUT2D eigenvalue weighted by Crippen LogP contribution is 2.22. The molecule has 1 saturated heterocycles. The second kappa shape index (κ2) is 12.7. The normalized spacial score (nSPS) is 15.0. The summed E-state index contributed by atoms with van der Waals surface area (Å²) in [6, 6.07) is 15.6. The summed E-state index contributed by atoms with van der Waals surface area (Å²) in [5.41, 5.74) is 7.33. The molecule has 160 valence electrons. The van der Waals surface area contributed by atoms with E-state index in [9.17, 15) is 4.79 Å². The number of hydrogen-bond donors (Lipinski definition) is 1. The molecule has 0 saturated carbocycles. The molecule has 0 bridgehead atoms. The molecule has 1 amide bonds. The Morgan fingerprint density at radius 3 is 2.38 bits per heavy atom. The van der Waals surface area contributed by atoms with Crippen LogP contribution < -0.4 is 10.6 Å². The zero-order valence-corrected chi connectivity index (χ0v) is 18.6. The van der Waals surface area contributed by atoms with Crippen molar-refractivity contribution in [3.8, 4) is 0 Å². The van der Waals surface area contributed by atoms with Gasteiger partial charge in [0.05, 0.1) is 6.04 Å². The van der Waals surface area contributed by atoms with E-state index in [4.69, 9.17) is 5.73 Å². The molecule has 0 aliphatic carbocycles. The van der Waals surface area contributed by atoms with Gasteiger partial charge in [-0.25, -0.2) is 4.98 Å². The van der Waals surface area contributed by atoms with Crippen LogP contribution in [0.1, 0.15) is 25.3 Å². The first kappa shape index (κ1) is 25.2. The molecule has 0 radical (unpaired) electrons. The van der Waals surface area contributed by atoms with Gasteiger partial charge in [-0.05, 0) is 49.8 Å². The van der Waals surface area contributed by atoms with E-state index in [0.717, 1.165) is 43.9 Å². The zero-order valence-electron chi connectivity index (χ0n) is 16.9. The van der Waals surface area contributed by atoms with Crippen molar-refractivity contribution in [2.24, 2.45) is 11.7 Å². The summed E-state index contributed by atoms with van der Waals surface area (Å²) >= 11 is 0. The maximum Gasteiger partial charge on any atom is 0.239 e. The Morgan fingerprint density at radius 2 is 1.79 bits per heavy atom. The molecular weight excluding hydrogens is 407 g/mol. The summed E-state index contributed by atoms with van der Waals surface area (Å²) < 4.78 is 0. The molecular formula is C22H32Cl2N4O. The maximum absolute atomic E-state index is 12.8. The number of amides is 1. The minimum absolute atomic E-state index is 0. The van der Waals surface area contributed by atoms with E-state index in [-0.39, 0.29) is 30.7 Å². The summed E-state index contributed by atoms with van der Waals surface area (Å²) in [5.74, 6) is 1.63. The molecule has 3 rings (SSSR count). The van der Waals surface area contributed by atoms with E-state index in [1.807, 2.05) is 60.5 Å². The van der Waals surface area contributed by atoms with Crippen LogP contribution in [0.3, 0.4) is 0 Å². The fourth-order valence-electron chi connectivity index (χ4n) is 3.76. The third-order valence-electron chi connectivity index (χ3n) is 5.38. The number of pyridine rings is 1. The molecule has 2 aromatic rings. The molecule has 0 spiro atoms. The highest BCUT2D eigenvalue weighted by molar-refractivity contribution is 5.85. The molecule has 7 heteroatoms. The lowest BCUT2D eigenvalue weighted by Crippen LogP contribution is -2.48. The van der Waals surface area contributed by atoms with Crippen LogP contribution in [0, 0.1) is 5.92 Å². The van der Waals surface area contributed by atoms with E-state index in [1.165, 1.54) is 0 Å². The largest absolute Gasteiger partial charge is 0.357 e. The molecule has 1 fully saturated rings. The first-order chi connectivity index (χ1) is 13.2. The highest BCUT2D eigenvalue weighted by Gasteiger charge is 2.26. The number of piperidine rings is 1. The van der Waals surface area contributed by atoms with Crippen molar-refractivity contribution in [2.45, 2.75) is 32.2 Å². The predicted molar refractivity (Wildman–Crippen MR) is 124 cm³/mol. The van der Waals surface area contributed by atoms with Gasteiger partial charge in [0.1, 0.15) is 5.82 Å². The Hall–Kier alpha value is -1.82. The zero-order chi connectivity index (χ0) is 19.1. The predicted octanol–water partition coefficient (Wildman–Crippen LogP) is 3.56. The number of hydrogen-bond acceptors (Lipinski definition) is 4. The summed E-state index contributed by atoms with van der Waals surface area (Å²) in [6.45, 7) is 5.53. The molecule has 1 unspecified atom stereocenters. The average molecular weight is 439 g/mol. The summed E-state index contributed by atoms with van der Waals surface area (Å²) in [7, 11) is 0. The average Bonchev–Trinajstić information content (AvgIpc) is 2.73.